The van der Waals surface area contributed by atoms with Gasteiger partial charge in [0.2, 0.25) is 5.91 Å². The summed E-state index contributed by atoms with van der Waals surface area (Å²) in [5, 5.41) is 7.11. The molecule has 1 N–H and O–H groups in total. The standard InChI is InChI=1S/C27H22F3N3O4/c1-19(34)32-24(15-20-9-4-2-5-10-20)26(36)37-18-25(35)33(31-17-21-11-6-3-7-12-21)23-14-8-13-22(16-23)27(28,29)30/h2-17H,18H2,1H3,(H,32,34)/b24-15+,31-17+. The lowest BCUT2D eigenvalue weighted by molar-refractivity contribution is -0.144. The molecule has 37 heavy (non-hydrogen) atoms. The molecule has 0 aliphatic carbocycles. The third kappa shape index (κ3) is 8.17. The first-order chi connectivity index (χ1) is 17.6. The first kappa shape index (κ1) is 26.9. The minimum atomic E-state index is -4.64. The van der Waals surface area contributed by atoms with Gasteiger partial charge in [0.1, 0.15) is 5.70 Å². The Balaban J connectivity index is 1.84. The van der Waals surface area contributed by atoms with Gasteiger partial charge in [-0.2, -0.15) is 23.3 Å². The Morgan fingerprint density at radius 1 is 0.919 bits per heavy atom. The van der Waals surface area contributed by atoms with Crippen molar-refractivity contribution in [1.82, 2.24) is 5.32 Å². The number of rotatable bonds is 8. The third-order valence-corrected chi connectivity index (χ3v) is 4.74. The summed E-state index contributed by atoms with van der Waals surface area (Å²) in [7, 11) is 0. The molecule has 0 saturated carbocycles. The maximum Gasteiger partial charge on any atom is 0.416 e. The average molecular weight is 509 g/mol. The largest absolute Gasteiger partial charge is 0.451 e. The van der Waals surface area contributed by atoms with Crippen LogP contribution >= 0.6 is 0 Å². The molecule has 10 heteroatoms. The number of hydrogen-bond acceptors (Lipinski definition) is 5. The molecule has 0 saturated heterocycles. The van der Waals surface area contributed by atoms with E-state index in [1.54, 1.807) is 60.7 Å². The predicted molar refractivity (Wildman–Crippen MR) is 132 cm³/mol. The second kappa shape index (κ2) is 12.3. The van der Waals surface area contributed by atoms with E-state index in [-0.39, 0.29) is 11.4 Å². The summed E-state index contributed by atoms with van der Waals surface area (Å²) in [6.45, 7) is 0.345. The summed E-state index contributed by atoms with van der Waals surface area (Å²) in [5.41, 5.74) is -0.195. The number of carbonyl (C=O) groups is 3. The van der Waals surface area contributed by atoms with Crippen molar-refractivity contribution in [1.29, 1.82) is 0 Å². The predicted octanol–water partition coefficient (Wildman–Crippen LogP) is 4.79. The highest BCUT2D eigenvalue weighted by Crippen LogP contribution is 2.31. The first-order valence-corrected chi connectivity index (χ1v) is 10.9. The SMILES string of the molecule is CC(=O)N/C(=C/c1ccccc1)C(=O)OCC(=O)N(/N=C/c1ccccc1)c1cccc(C(F)(F)F)c1. The molecule has 3 aromatic carbocycles. The zero-order chi connectivity index (χ0) is 26.8. The van der Waals surface area contributed by atoms with Gasteiger partial charge in [0, 0.05) is 6.92 Å². The second-order valence-corrected chi connectivity index (χ2v) is 7.63. The van der Waals surface area contributed by atoms with Crippen LogP contribution in [0.5, 0.6) is 0 Å². The van der Waals surface area contributed by atoms with E-state index in [9.17, 15) is 27.6 Å². The van der Waals surface area contributed by atoms with E-state index in [1.165, 1.54) is 25.3 Å². The van der Waals surface area contributed by atoms with E-state index in [1.807, 2.05) is 0 Å². The van der Waals surface area contributed by atoms with Crippen molar-refractivity contribution < 1.29 is 32.3 Å². The number of alkyl halides is 3. The van der Waals surface area contributed by atoms with Gasteiger partial charge in [-0.1, -0.05) is 66.7 Å². The van der Waals surface area contributed by atoms with Crippen LogP contribution in [0, 0.1) is 0 Å². The summed E-state index contributed by atoms with van der Waals surface area (Å²) in [6, 6.07) is 21.2. The van der Waals surface area contributed by atoms with Crippen molar-refractivity contribution in [2.75, 3.05) is 11.6 Å². The van der Waals surface area contributed by atoms with Gasteiger partial charge in [-0.05, 0) is 35.4 Å². The molecule has 3 rings (SSSR count). The van der Waals surface area contributed by atoms with E-state index < -0.39 is 36.1 Å². The van der Waals surface area contributed by atoms with Crippen LogP contribution in [0.25, 0.3) is 6.08 Å². The molecule has 0 bridgehead atoms. The zero-order valence-corrected chi connectivity index (χ0v) is 19.6. The van der Waals surface area contributed by atoms with Gasteiger partial charge >= 0.3 is 12.1 Å². The average Bonchev–Trinajstić information content (AvgIpc) is 2.87. The number of halogens is 3. The van der Waals surface area contributed by atoms with Crippen molar-refractivity contribution in [3.8, 4) is 0 Å². The number of nitrogens with zero attached hydrogens (tertiary/aromatic N) is 2. The highest BCUT2D eigenvalue weighted by molar-refractivity contribution is 6.00. The van der Waals surface area contributed by atoms with E-state index in [4.69, 9.17) is 4.74 Å². The Bertz CT molecular complexity index is 1310. The zero-order valence-electron chi connectivity index (χ0n) is 19.6. The number of nitrogens with one attached hydrogen (secondary N) is 1. The topological polar surface area (TPSA) is 88.1 Å². The smallest absolute Gasteiger partial charge is 0.416 e. The van der Waals surface area contributed by atoms with E-state index in [2.05, 4.69) is 10.4 Å². The molecule has 0 spiro atoms. The third-order valence-electron chi connectivity index (χ3n) is 4.74. The van der Waals surface area contributed by atoms with E-state index in [0.717, 1.165) is 18.2 Å². The van der Waals surface area contributed by atoms with Gasteiger partial charge in [0.25, 0.3) is 5.91 Å². The fraction of sp³-hybridized carbons (Fsp3) is 0.111. The quantitative estimate of drug-likeness (QED) is 0.205. The van der Waals surface area contributed by atoms with Gasteiger partial charge in [0.05, 0.1) is 17.5 Å². The molecule has 0 atom stereocenters. The number of anilines is 1. The van der Waals surface area contributed by atoms with Crippen molar-refractivity contribution in [3.05, 3.63) is 107 Å². The molecule has 190 valence electrons. The summed E-state index contributed by atoms with van der Waals surface area (Å²) in [4.78, 5) is 37.2. The number of ether oxygens (including phenoxy) is 1. The van der Waals surface area contributed by atoms with Crippen LogP contribution in [0.15, 0.2) is 95.7 Å². The van der Waals surface area contributed by atoms with Crippen LogP contribution in [-0.4, -0.2) is 30.6 Å². The molecule has 2 amide bonds. The first-order valence-electron chi connectivity index (χ1n) is 10.9. The lowest BCUT2D eigenvalue weighted by Gasteiger charge is -2.19. The maximum atomic E-state index is 13.3. The van der Waals surface area contributed by atoms with Gasteiger partial charge in [-0.25, -0.2) is 4.79 Å². The Hall–Kier alpha value is -4.73. The molecule has 3 aromatic rings. The monoisotopic (exact) mass is 509 g/mol. The van der Waals surface area contributed by atoms with Gasteiger partial charge < -0.3 is 10.1 Å². The van der Waals surface area contributed by atoms with Crippen LogP contribution in [0.2, 0.25) is 0 Å². The summed E-state index contributed by atoms with van der Waals surface area (Å²) < 4.78 is 44.9. The molecular formula is C27H22F3N3O4. The molecule has 7 nitrogen and oxygen atoms in total. The highest BCUT2D eigenvalue weighted by atomic mass is 19.4. The van der Waals surface area contributed by atoms with Crippen LogP contribution in [0.1, 0.15) is 23.6 Å². The highest BCUT2D eigenvalue weighted by Gasteiger charge is 2.31. The van der Waals surface area contributed by atoms with Gasteiger partial charge in [-0.3, -0.25) is 9.59 Å². The van der Waals surface area contributed by atoms with Crippen LogP contribution < -0.4 is 10.3 Å². The lowest BCUT2D eigenvalue weighted by atomic mass is 10.2. The molecule has 0 unspecified atom stereocenters. The summed E-state index contributed by atoms with van der Waals surface area (Å²) in [6.07, 6.45) is -1.99. The van der Waals surface area contributed by atoms with Crippen LogP contribution in [0.3, 0.4) is 0 Å². The van der Waals surface area contributed by atoms with Crippen molar-refractivity contribution in [2.45, 2.75) is 13.1 Å². The number of benzene rings is 3. The number of carbonyl (C=O) groups excluding carboxylic acids is 3. The Kier molecular flexibility index (Phi) is 8.93. The fourth-order valence-corrected chi connectivity index (χ4v) is 3.07. The maximum absolute atomic E-state index is 13.3. The van der Waals surface area contributed by atoms with E-state index in [0.29, 0.717) is 16.1 Å². The molecule has 0 heterocycles. The van der Waals surface area contributed by atoms with Crippen molar-refractivity contribution >= 4 is 35.8 Å². The Morgan fingerprint density at radius 3 is 2.14 bits per heavy atom. The normalized spacial score (nSPS) is 11.7. The summed E-state index contributed by atoms with van der Waals surface area (Å²) >= 11 is 0. The van der Waals surface area contributed by atoms with E-state index >= 15 is 0 Å². The van der Waals surface area contributed by atoms with Gasteiger partial charge in [0.15, 0.2) is 6.61 Å². The van der Waals surface area contributed by atoms with Crippen molar-refractivity contribution in [3.63, 3.8) is 0 Å². The number of esters is 1. The number of amides is 2. The lowest BCUT2D eigenvalue weighted by Crippen LogP contribution is -2.33. The minimum absolute atomic E-state index is 0.176. The second-order valence-electron chi connectivity index (χ2n) is 7.63. The molecule has 0 fully saturated rings. The molecule has 0 aromatic heterocycles. The minimum Gasteiger partial charge on any atom is -0.451 e. The van der Waals surface area contributed by atoms with Crippen LogP contribution in [0.4, 0.5) is 18.9 Å². The van der Waals surface area contributed by atoms with Crippen molar-refractivity contribution in [2.24, 2.45) is 5.10 Å². The summed E-state index contributed by atoms with van der Waals surface area (Å²) in [5.74, 6) is -2.46. The van der Waals surface area contributed by atoms with Gasteiger partial charge in [-0.15, -0.1) is 0 Å². The Morgan fingerprint density at radius 2 is 1.54 bits per heavy atom. The molecular weight excluding hydrogens is 487 g/mol. The molecule has 0 aliphatic rings. The Labute approximate surface area is 210 Å². The van der Waals surface area contributed by atoms with Crippen LogP contribution in [-0.2, 0) is 25.3 Å². The molecule has 0 radical (unpaired) electrons. The molecule has 0 aliphatic heterocycles. The fourth-order valence-electron chi connectivity index (χ4n) is 3.07. The number of hydrazone groups is 1. The number of hydrogen-bond donors (Lipinski definition) is 1.